The van der Waals surface area contributed by atoms with Gasteiger partial charge in [-0.3, -0.25) is 4.79 Å². The zero-order valence-corrected chi connectivity index (χ0v) is 12.5. The molecule has 0 fully saturated rings. The summed E-state index contributed by atoms with van der Waals surface area (Å²) in [6.45, 7) is 2.83. The van der Waals surface area contributed by atoms with Gasteiger partial charge in [0.2, 0.25) is 0 Å². The average Bonchev–Trinajstić information content (AvgIpc) is 2.97. The molecular weight excluding hydrogens is 274 g/mol. The van der Waals surface area contributed by atoms with Gasteiger partial charge in [-0.1, -0.05) is 35.9 Å². The lowest BCUT2D eigenvalue weighted by Crippen LogP contribution is -2.35. The van der Waals surface area contributed by atoms with E-state index in [-0.39, 0.29) is 5.91 Å². The summed E-state index contributed by atoms with van der Waals surface area (Å²) in [4.78, 5) is 14.7. The van der Waals surface area contributed by atoms with E-state index in [2.05, 4.69) is 19.1 Å². The molecule has 1 aliphatic heterocycles. The fourth-order valence-corrected chi connectivity index (χ4v) is 3.16. The molecule has 0 spiro atoms. The van der Waals surface area contributed by atoms with Crippen LogP contribution < -0.4 is 4.90 Å². The summed E-state index contributed by atoms with van der Waals surface area (Å²) in [5.41, 5.74) is 4.25. The lowest BCUT2D eigenvalue weighted by Gasteiger charge is -2.29. The van der Waals surface area contributed by atoms with Gasteiger partial charge in [0, 0.05) is 17.6 Å². The topological polar surface area (TPSA) is 33.5 Å². The lowest BCUT2D eigenvalue weighted by atomic mass is 9.99. The normalized spacial score (nSPS) is 14.1. The second kappa shape index (κ2) is 5.02. The van der Waals surface area contributed by atoms with Crippen LogP contribution in [0.1, 0.15) is 28.1 Å². The van der Waals surface area contributed by atoms with Crippen LogP contribution in [0.4, 0.5) is 5.69 Å². The number of aryl methyl sites for hydroxylation is 2. The third kappa shape index (κ3) is 2.10. The molecule has 3 nitrogen and oxygen atoms in total. The number of rotatable bonds is 1. The van der Waals surface area contributed by atoms with E-state index in [1.165, 1.54) is 11.1 Å². The Hall–Kier alpha value is -2.55. The van der Waals surface area contributed by atoms with Crippen molar-refractivity contribution in [1.82, 2.24) is 0 Å². The average molecular weight is 291 g/mol. The molecule has 1 aliphatic rings. The van der Waals surface area contributed by atoms with Crippen LogP contribution in [0.5, 0.6) is 0 Å². The first-order valence-electron chi connectivity index (χ1n) is 7.62. The summed E-state index contributed by atoms with van der Waals surface area (Å²) in [6, 6.07) is 15.8. The molecule has 3 aromatic rings. The van der Waals surface area contributed by atoms with E-state index < -0.39 is 0 Å². The summed E-state index contributed by atoms with van der Waals surface area (Å²) in [5, 5.41) is 0.965. The number of fused-ring (bicyclic) bond motifs is 2. The minimum absolute atomic E-state index is 0.0546. The second-order valence-corrected chi connectivity index (χ2v) is 5.84. The van der Waals surface area contributed by atoms with Crippen molar-refractivity contribution in [3.05, 3.63) is 65.4 Å². The van der Waals surface area contributed by atoms with Gasteiger partial charge < -0.3 is 9.32 Å². The van der Waals surface area contributed by atoms with Crippen LogP contribution >= 0.6 is 0 Å². The number of furan rings is 1. The molecule has 22 heavy (non-hydrogen) atoms. The molecule has 2 aromatic carbocycles. The third-order valence-corrected chi connectivity index (χ3v) is 4.24. The van der Waals surface area contributed by atoms with Gasteiger partial charge in [-0.25, -0.2) is 0 Å². The van der Waals surface area contributed by atoms with Crippen molar-refractivity contribution in [2.45, 2.75) is 19.8 Å². The molecular formula is C19H17NO2. The monoisotopic (exact) mass is 291 g/mol. The highest BCUT2D eigenvalue weighted by Crippen LogP contribution is 2.30. The Balaban J connectivity index is 1.74. The van der Waals surface area contributed by atoms with Crippen molar-refractivity contribution in [3.8, 4) is 0 Å². The summed E-state index contributed by atoms with van der Waals surface area (Å²) >= 11 is 0. The van der Waals surface area contributed by atoms with E-state index in [0.29, 0.717) is 5.76 Å². The van der Waals surface area contributed by atoms with E-state index in [4.69, 9.17) is 4.42 Å². The molecule has 4 rings (SSSR count). The largest absolute Gasteiger partial charge is 0.451 e. The third-order valence-electron chi connectivity index (χ3n) is 4.24. The number of carbonyl (C=O) groups is 1. The Morgan fingerprint density at radius 3 is 2.86 bits per heavy atom. The standard InChI is InChI=1S/C19H17NO2/c1-13-8-9-16-14(11-13)6-4-10-20(16)19(21)18-12-15-5-2-3-7-17(15)22-18/h2-3,5,7-9,11-12H,4,6,10H2,1H3. The highest BCUT2D eigenvalue weighted by molar-refractivity contribution is 6.06. The Bertz CT molecular complexity index is 830. The molecule has 0 saturated heterocycles. The quantitative estimate of drug-likeness (QED) is 0.668. The van der Waals surface area contributed by atoms with E-state index in [1.54, 1.807) is 0 Å². The van der Waals surface area contributed by atoms with Crippen molar-refractivity contribution in [1.29, 1.82) is 0 Å². The number of carbonyl (C=O) groups excluding carboxylic acids is 1. The predicted octanol–water partition coefficient (Wildman–Crippen LogP) is 4.33. The van der Waals surface area contributed by atoms with Crippen LogP contribution in [0.25, 0.3) is 11.0 Å². The molecule has 0 unspecified atom stereocenters. The van der Waals surface area contributed by atoms with Crippen LogP contribution in [0.15, 0.2) is 52.9 Å². The highest BCUT2D eigenvalue weighted by atomic mass is 16.3. The predicted molar refractivity (Wildman–Crippen MR) is 87.4 cm³/mol. The van der Waals surface area contributed by atoms with Gasteiger partial charge in [-0.2, -0.15) is 0 Å². The Morgan fingerprint density at radius 2 is 2.00 bits per heavy atom. The molecule has 110 valence electrons. The second-order valence-electron chi connectivity index (χ2n) is 5.84. The zero-order chi connectivity index (χ0) is 15.1. The molecule has 2 heterocycles. The van der Waals surface area contributed by atoms with Gasteiger partial charge >= 0.3 is 0 Å². The number of para-hydroxylation sites is 1. The summed E-state index contributed by atoms with van der Waals surface area (Å²) in [5.74, 6) is 0.357. The van der Waals surface area contributed by atoms with Gasteiger partial charge in [0.15, 0.2) is 5.76 Å². The van der Waals surface area contributed by atoms with Crippen LogP contribution in [0.2, 0.25) is 0 Å². The Morgan fingerprint density at radius 1 is 1.14 bits per heavy atom. The van der Waals surface area contributed by atoms with Crippen molar-refractivity contribution in [2.75, 3.05) is 11.4 Å². The van der Waals surface area contributed by atoms with Crippen LogP contribution in [-0.2, 0) is 6.42 Å². The number of hydrogen-bond acceptors (Lipinski definition) is 2. The molecule has 3 heteroatoms. The van der Waals surface area contributed by atoms with E-state index >= 15 is 0 Å². The van der Waals surface area contributed by atoms with Crippen molar-refractivity contribution < 1.29 is 9.21 Å². The first kappa shape index (κ1) is 13.1. The molecule has 0 atom stereocenters. The van der Waals surface area contributed by atoms with Crippen LogP contribution in [-0.4, -0.2) is 12.5 Å². The summed E-state index contributed by atoms with van der Waals surface area (Å²) < 4.78 is 5.73. The number of benzene rings is 2. The maximum atomic E-state index is 12.8. The fraction of sp³-hybridized carbons (Fsp3) is 0.211. The molecule has 0 aliphatic carbocycles. The van der Waals surface area contributed by atoms with E-state index in [9.17, 15) is 4.79 Å². The smallest absolute Gasteiger partial charge is 0.294 e. The Labute approximate surface area is 129 Å². The molecule has 0 bridgehead atoms. The lowest BCUT2D eigenvalue weighted by molar-refractivity contribution is 0.0960. The van der Waals surface area contributed by atoms with E-state index in [1.807, 2.05) is 41.3 Å². The Kier molecular flexibility index (Phi) is 3.00. The SMILES string of the molecule is Cc1ccc2c(c1)CCCN2C(=O)c1cc2ccccc2o1. The minimum atomic E-state index is -0.0546. The van der Waals surface area contributed by atoms with Gasteiger partial charge in [-0.15, -0.1) is 0 Å². The van der Waals surface area contributed by atoms with Crippen molar-refractivity contribution >= 4 is 22.6 Å². The fourth-order valence-electron chi connectivity index (χ4n) is 3.16. The number of hydrogen-bond donors (Lipinski definition) is 0. The van der Waals surface area contributed by atoms with Gasteiger partial charge in [0.05, 0.1) is 0 Å². The molecule has 1 amide bonds. The first-order valence-corrected chi connectivity index (χ1v) is 7.62. The first-order chi connectivity index (χ1) is 10.7. The zero-order valence-electron chi connectivity index (χ0n) is 12.5. The van der Waals surface area contributed by atoms with Gasteiger partial charge in [0.25, 0.3) is 5.91 Å². The van der Waals surface area contributed by atoms with Crippen LogP contribution in [0.3, 0.4) is 0 Å². The molecule has 1 aromatic heterocycles. The van der Waals surface area contributed by atoms with Crippen molar-refractivity contribution in [3.63, 3.8) is 0 Å². The summed E-state index contributed by atoms with van der Waals surface area (Å²) in [6.07, 6.45) is 2.02. The molecule has 0 radical (unpaired) electrons. The molecule has 0 N–H and O–H groups in total. The summed E-state index contributed by atoms with van der Waals surface area (Å²) in [7, 11) is 0. The maximum absolute atomic E-state index is 12.8. The van der Waals surface area contributed by atoms with Crippen molar-refractivity contribution in [2.24, 2.45) is 0 Å². The van der Waals surface area contributed by atoms with Crippen LogP contribution in [0, 0.1) is 6.92 Å². The maximum Gasteiger partial charge on any atom is 0.294 e. The minimum Gasteiger partial charge on any atom is -0.451 e. The number of amides is 1. The van der Waals surface area contributed by atoms with E-state index in [0.717, 1.165) is 36.0 Å². The van der Waals surface area contributed by atoms with Gasteiger partial charge in [0.1, 0.15) is 5.58 Å². The highest BCUT2D eigenvalue weighted by Gasteiger charge is 2.25. The molecule has 0 saturated carbocycles. The van der Waals surface area contributed by atoms with Gasteiger partial charge in [-0.05, 0) is 43.5 Å². The number of anilines is 1. The number of nitrogens with zero attached hydrogens (tertiary/aromatic N) is 1.